The Kier molecular flexibility index (Phi) is 7.59. The van der Waals surface area contributed by atoms with E-state index in [1.165, 1.54) is 5.56 Å². The van der Waals surface area contributed by atoms with Crippen LogP contribution in [-0.2, 0) is 4.74 Å². The standard InChI is InChI=1S/C22H30N2O2S/c1-3-26-20(19-8-5-4-6-9-19)17-24-13-11-23(12-14-24)16-18(2)22(25)21-10-7-15-27-21/h4-10,15,18,20H,3,11-14,16-17H2,1-2H3. The third-order valence-corrected chi connectivity index (χ3v) is 6.06. The fourth-order valence-corrected chi connectivity index (χ4v) is 4.42. The molecular weight excluding hydrogens is 356 g/mol. The van der Waals surface area contributed by atoms with Gasteiger partial charge in [0.1, 0.15) is 0 Å². The zero-order chi connectivity index (χ0) is 19.1. The molecular formula is C22H30N2O2S. The van der Waals surface area contributed by atoms with Crippen LogP contribution in [-0.4, -0.2) is 61.5 Å². The van der Waals surface area contributed by atoms with E-state index in [2.05, 4.69) is 47.9 Å². The molecule has 0 radical (unpaired) electrons. The maximum atomic E-state index is 12.5. The number of hydrogen-bond donors (Lipinski definition) is 0. The Morgan fingerprint density at radius 2 is 1.70 bits per heavy atom. The highest BCUT2D eigenvalue weighted by atomic mass is 32.1. The Bertz CT molecular complexity index is 682. The van der Waals surface area contributed by atoms with E-state index >= 15 is 0 Å². The SMILES string of the molecule is CCOC(CN1CCN(CC(C)C(=O)c2cccs2)CC1)c1ccccc1. The molecule has 1 aromatic carbocycles. The van der Waals surface area contributed by atoms with Gasteiger partial charge in [-0.05, 0) is 23.9 Å². The number of hydrogen-bond acceptors (Lipinski definition) is 5. The Hall–Kier alpha value is -1.53. The average Bonchev–Trinajstić information content (AvgIpc) is 3.24. The smallest absolute Gasteiger partial charge is 0.176 e. The Morgan fingerprint density at radius 3 is 2.30 bits per heavy atom. The van der Waals surface area contributed by atoms with Crippen molar-refractivity contribution in [3.8, 4) is 0 Å². The van der Waals surface area contributed by atoms with Gasteiger partial charge in [-0.3, -0.25) is 9.69 Å². The van der Waals surface area contributed by atoms with Crippen molar-refractivity contribution in [1.29, 1.82) is 0 Å². The predicted molar refractivity (Wildman–Crippen MR) is 112 cm³/mol. The van der Waals surface area contributed by atoms with Gasteiger partial charge < -0.3 is 9.64 Å². The number of carbonyl (C=O) groups is 1. The summed E-state index contributed by atoms with van der Waals surface area (Å²) in [5.41, 5.74) is 1.25. The van der Waals surface area contributed by atoms with Crippen molar-refractivity contribution >= 4 is 17.1 Å². The summed E-state index contributed by atoms with van der Waals surface area (Å²) in [5, 5.41) is 1.97. The van der Waals surface area contributed by atoms with Gasteiger partial charge in [0, 0.05) is 51.8 Å². The van der Waals surface area contributed by atoms with Crippen LogP contribution in [0.5, 0.6) is 0 Å². The maximum Gasteiger partial charge on any atom is 0.176 e. The minimum absolute atomic E-state index is 0.0516. The fourth-order valence-electron chi connectivity index (χ4n) is 3.64. The van der Waals surface area contributed by atoms with Gasteiger partial charge in [-0.25, -0.2) is 0 Å². The highest BCUT2D eigenvalue weighted by Crippen LogP contribution is 2.20. The molecule has 2 unspecified atom stereocenters. The molecule has 0 aliphatic carbocycles. The molecule has 0 N–H and O–H groups in total. The zero-order valence-electron chi connectivity index (χ0n) is 16.3. The first-order valence-corrected chi connectivity index (χ1v) is 10.7. The number of ketones is 1. The lowest BCUT2D eigenvalue weighted by Crippen LogP contribution is -2.49. The highest BCUT2D eigenvalue weighted by molar-refractivity contribution is 7.12. The summed E-state index contributed by atoms with van der Waals surface area (Å²) in [7, 11) is 0. The second kappa shape index (κ2) is 10.1. The van der Waals surface area contributed by atoms with Crippen molar-refractivity contribution in [3.05, 3.63) is 58.3 Å². The zero-order valence-corrected chi connectivity index (χ0v) is 17.2. The number of nitrogens with zero attached hydrogens (tertiary/aromatic N) is 2. The van der Waals surface area contributed by atoms with Gasteiger partial charge in [-0.15, -0.1) is 11.3 Å². The molecule has 1 aliphatic rings. The van der Waals surface area contributed by atoms with Gasteiger partial charge >= 0.3 is 0 Å². The van der Waals surface area contributed by atoms with Crippen LogP contribution in [0.1, 0.15) is 35.2 Å². The average molecular weight is 387 g/mol. The van der Waals surface area contributed by atoms with Crippen molar-refractivity contribution in [2.24, 2.45) is 5.92 Å². The molecule has 1 aromatic heterocycles. The first-order chi connectivity index (χ1) is 13.2. The van der Waals surface area contributed by atoms with E-state index in [0.29, 0.717) is 0 Å². The molecule has 0 spiro atoms. The maximum absolute atomic E-state index is 12.5. The molecule has 1 aliphatic heterocycles. The minimum Gasteiger partial charge on any atom is -0.372 e. The molecule has 27 heavy (non-hydrogen) atoms. The van der Waals surface area contributed by atoms with Crippen LogP contribution in [0.2, 0.25) is 0 Å². The minimum atomic E-state index is 0.0516. The van der Waals surface area contributed by atoms with E-state index in [1.807, 2.05) is 23.6 Å². The normalized spacial score (nSPS) is 18.3. The lowest BCUT2D eigenvalue weighted by atomic mass is 10.0. The lowest BCUT2D eigenvalue weighted by Gasteiger charge is -2.37. The number of piperazine rings is 1. The van der Waals surface area contributed by atoms with Crippen molar-refractivity contribution in [1.82, 2.24) is 9.80 Å². The number of thiophene rings is 1. The third-order valence-electron chi connectivity index (χ3n) is 5.17. The number of carbonyl (C=O) groups excluding carboxylic acids is 1. The summed E-state index contributed by atoms with van der Waals surface area (Å²) in [6, 6.07) is 14.4. The molecule has 5 heteroatoms. The van der Waals surface area contributed by atoms with Crippen LogP contribution >= 0.6 is 11.3 Å². The number of ether oxygens (including phenoxy) is 1. The molecule has 146 valence electrons. The highest BCUT2D eigenvalue weighted by Gasteiger charge is 2.24. The summed E-state index contributed by atoms with van der Waals surface area (Å²) >= 11 is 1.54. The summed E-state index contributed by atoms with van der Waals surface area (Å²) < 4.78 is 6.00. The van der Waals surface area contributed by atoms with E-state index in [9.17, 15) is 4.79 Å². The quantitative estimate of drug-likeness (QED) is 0.611. The molecule has 2 aromatic rings. The number of benzene rings is 1. The molecule has 4 nitrogen and oxygen atoms in total. The molecule has 2 heterocycles. The lowest BCUT2D eigenvalue weighted by molar-refractivity contribution is 0.0170. The molecule has 0 saturated carbocycles. The number of Topliss-reactive ketones (excluding diaryl/α,β-unsaturated/α-hetero) is 1. The van der Waals surface area contributed by atoms with Gasteiger partial charge in [0.15, 0.2) is 5.78 Å². The molecule has 1 fully saturated rings. The molecule has 0 bridgehead atoms. The fraction of sp³-hybridized carbons (Fsp3) is 0.500. The third kappa shape index (κ3) is 5.72. The van der Waals surface area contributed by atoms with Crippen LogP contribution < -0.4 is 0 Å². The summed E-state index contributed by atoms with van der Waals surface area (Å²) in [6.45, 7) is 10.7. The van der Waals surface area contributed by atoms with E-state index < -0.39 is 0 Å². The molecule has 2 atom stereocenters. The monoisotopic (exact) mass is 386 g/mol. The molecule has 1 saturated heterocycles. The van der Waals surface area contributed by atoms with E-state index in [-0.39, 0.29) is 17.8 Å². The van der Waals surface area contributed by atoms with Crippen molar-refractivity contribution in [3.63, 3.8) is 0 Å². The van der Waals surface area contributed by atoms with E-state index in [0.717, 1.165) is 50.8 Å². The molecule has 0 amide bonds. The Labute approximate surface area is 166 Å². The summed E-state index contributed by atoms with van der Waals surface area (Å²) in [6.07, 6.45) is 0.127. The summed E-state index contributed by atoms with van der Waals surface area (Å²) in [5.74, 6) is 0.323. The van der Waals surface area contributed by atoms with Crippen molar-refractivity contribution < 1.29 is 9.53 Å². The first kappa shape index (κ1) is 20.2. The van der Waals surface area contributed by atoms with Crippen LogP contribution in [0.15, 0.2) is 47.8 Å². The number of rotatable bonds is 9. The van der Waals surface area contributed by atoms with Crippen molar-refractivity contribution in [2.45, 2.75) is 20.0 Å². The van der Waals surface area contributed by atoms with Gasteiger partial charge in [-0.2, -0.15) is 0 Å². The molecule has 3 rings (SSSR count). The van der Waals surface area contributed by atoms with E-state index in [4.69, 9.17) is 4.74 Å². The van der Waals surface area contributed by atoms with Gasteiger partial charge in [0.25, 0.3) is 0 Å². The van der Waals surface area contributed by atoms with Crippen molar-refractivity contribution in [2.75, 3.05) is 45.9 Å². The Morgan fingerprint density at radius 1 is 1.04 bits per heavy atom. The topological polar surface area (TPSA) is 32.8 Å². The van der Waals surface area contributed by atoms with Crippen LogP contribution in [0.3, 0.4) is 0 Å². The van der Waals surface area contributed by atoms with Gasteiger partial charge in [0.05, 0.1) is 11.0 Å². The predicted octanol–water partition coefficient (Wildman–Crippen LogP) is 3.96. The van der Waals surface area contributed by atoms with Gasteiger partial charge in [0.2, 0.25) is 0 Å². The van der Waals surface area contributed by atoms with Crippen LogP contribution in [0.25, 0.3) is 0 Å². The van der Waals surface area contributed by atoms with Gasteiger partial charge in [-0.1, -0.05) is 43.3 Å². The van der Waals surface area contributed by atoms with E-state index in [1.54, 1.807) is 11.3 Å². The second-order valence-electron chi connectivity index (χ2n) is 7.20. The largest absolute Gasteiger partial charge is 0.372 e. The Balaban J connectivity index is 1.47. The second-order valence-corrected chi connectivity index (χ2v) is 8.15. The first-order valence-electron chi connectivity index (χ1n) is 9.86. The van der Waals surface area contributed by atoms with Crippen LogP contribution in [0.4, 0.5) is 0 Å². The summed E-state index contributed by atoms with van der Waals surface area (Å²) in [4.78, 5) is 18.3. The van der Waals surface area contributed by atoms with Crippen LogP contribution in [0, 0.1) is 5.92 Å².